The van der Waals surface area contributed by atoms with Crippen LogP contribution in [0.4, 0.5) is 0 Å². The van der Waals surface area contributed by atoms with Crippen LogP contribution in [-0.2, 0) is 9.53 Å². The van der Waals surface area contributed by atoms with Crippen molar-refractivity contribution in [1.82, 2.24) is 5.32 Å². The molecule has 0 amide bonds. The summed E-state index contributed by atoms with van der Waals surface area (Å²) in [5.74, 6) is -0.117. The molecule has 74 valence electrons. The zero-order chi connectivity index (χ0) is 9.53. The fourth-order valence-electron chi connectivity index (χ4n) is 1.96. The third-order valence-corrected chi connectivity index (χ3v) is 3.26. The van der Waals surface area contributed by atoms with Gasteiger partial charge in [-0.25, -0.2) is 0 Å². The number of carbonyl (C=O) groups is 1. The smallest absolute Gasteiger partial charge is 0.316 e. The molecule has 2 aliphatic rings. The molecule has 3 N–H and O–H groups in total. The summed E-state index contributed by atoms with van der Waals surface area (Å²) in [6.07, 6.45) is 1.90. The lowest BCUT2D eigenvalue weighted by Crippen LogP contribution is -2.68. The molecule has 2 rings (SSSR count). The monoisotopic (exact) mass is 184 g/mol. The van der Waals surface area contributed by atoms with Gasteiger partial charge in [-0.15, -0.1) is 0 Å². The maximum atomic E-state index is 11.7. The number of nitrogens with two attached hydrogens (primary N) is 1. The highest BCUT2D eigenvalue weighted by Crippen LogP contribution is 2.50. The number of ether oxygens (including phenoxy) is 1. The summed E-state index contributed by atoms with van der Waals surface area (Å²) in [6.45, 7) is 3.63. The Morgan fingerprint density at radius 2 is 2.15 bits per heavy atom. The SMILES string of the molecule is CCOC(=O)C1(C2(N)CC2)CNC1. The molecule has 0 unspecified atom stereocenters. The van der Waals surface area contributed by atoms with E-state index in [9.17, 15) is 4.79 Å². The zero-order valence-electron chi connectivity index (χ0n) is 7.93. The molecule has 0 radical (unpaired) electrons. The Hall–Kier alpha value is -0.610. The first kappa shape index (κ1) is 8.97. The molecule has 0 spiro atoms. The van der Waals surface area contributed by atoms with Crippen molar-refractivity contribution in [2.45, 2.75) is 25.3 Å². The second kappa shape index (κ2) is 2.69. The molecule has 0 bridgehead atoms. The van der Waals surface area contributed by atoms with Gasteiger partial charge in [0.05, 0.1) is 6.61 Å². The van der Waals surface area contributed by atoms with Gasteiger partial charge in [0, 0.05) is 18.6 Å². The Bertz CT molecular complexity index is 232. The average molecular weight is 184 g/mol. The molecule has 1 aliphatic heterocycles. The van der Waals surface area contributed by atoms with E-state index in [1.165, 1.54) is 0 Å². The lowest BCUT2D eigenvalue weighted by molar-refractivity contribution is -0.161. The molecule has 1 heterocycles. The molecule has 2 fully saturated rings. The van der Waals surface area contributed by atoms with Crippen molar-refractivity contribution >= 4 is 5.97 Å². The van der Waals surface area contributed by atoms with Crippen LogP contribution in [0.3, 0.4) is 0 Å². The first-order valence-corrected chi connectivity index (χ1v) is 4.81. The molecule has 0 aromatic carbocycles. The highest BCUT2D eigenvalue weighted by atomic mass is 16.5. The van der Waals surface area contributed by atoms with Crippen molar-refractivity contribution in [2.24, 2.45) is 11.1 Å². The predicted molar refractivity (Wildman–Crippen MR) is 48.1 cm³/mol. The van der Waals surface area contributed by atoms with Crippen LogP contribution in [0.5, 0.6) is 0 Å². The van der Waals surface area contributed by atoms with E-state index in [0.29, 0.717) is 19.7 Å². The van der Waals surface area contributed by atoms with Crippen molar-refractivity contribution in [3.8, 4) is 0 Å². The Morgan fingerprint density at radius 3 is 2.46 bits per heavy atom. The Kier molecular flexibility index (Phi) is 1.85. The number of esters is 1. The van der Waals surface area contributed by atoms with E-state index < -0.39 is 5.41 Å². The van der Waals surface area contributed by atoms with Gasteiger partial charge in [-0.1, -0.05) is 0 Å². The van der Waals surface area contributed by atoms with Gasteiger partial charge < -0.3 is 15.8 Å². The van der Waals surface area contributed by atoms with Crippen LogP contribution in [0.15, 0.2) is 0 Å². The van der Waals surface area contributed by atoms with Crippen LogP contribution in [0, 0.1) is 5.41 Å². The van der Waals surface area contributed by atoms with Crippen LogP contribution >= 0.6 is 0 Å². The second-order valence-electron chi connectivity index (χ2n) is 4.06. The average Bonchev–Trinajstić information content (AvgIpc) is 2.66. The molecule has 0 aromatic heterocycles. The predicted octanol–water partition coefficient (Wildman–Crippen LogP) is -0.370. The third-order valence-electron chi connectivity index (χ3n) is 3.26. The van der Waals surface area contributed by atoms with E-state index in [1.54, 1.807) is 0 Å². The summed E-state index contributed by atoms with van der Waals surface area (Å²) in [5, 5.41) is 3.11. The minimum Gasteiger partial charge on any atom is -0.465 e. The quantitative estimate of drug-likeness (QED) is 0.587. The molecule has 1 saturated heterocycles. The third kappa shape index (κ3) is 1.09. The van der Waals surface area contributed by atoms with Crippen molar-refractivity contribution in [3.63, 3.8) is 0 Å². The highest BCUT2D eigenvalue weighted by molar-refractivity contribution is 5.81. The lowest BCUT2D eigenvalue weighted by atomic mass is 9.73. The van der Waals surface area contributed by atoms with Gasteiger partial charge in [-0.05, 0) is 19.8 Å². The molecule has 1 aliphatic carbocycles. The van der Waals surface area contributed by atoms with Crippen molar-refractivity contribution in [2.75, 3.05) is 19.7 Å². The van der Waals surface area contributed by atoms with Crippen LogP contribution in [0.25, 0.3) is 0 Å². The number of nitrogens with one attached hydrogen (secondary N) is 1. The van der Waals surface area contributed by atoms with Gasteiger partial charge >= 0.3 is 5.97 Å². The van der Waals surface area contributed by atoms with Gasteiger partial charge in [0.15, 0.2) is 0 Å². The number of rotatable bonds is 3. The molecule has 13 heavy (non-hydrogen) atoms. The van der Waals surface area contributed by atoms with Gasteiger partial charge in [-0.3, -0.25) is 4.79 Å². The number of hydrogen-bond acceptors (Lipinski definition) is 4. The van der Waals surface area contributed by atoms with Crippen molar-refractivity contribution in [1.29, 1.82) is 0 Å². The van der Waals surface area contributed by atoms with Crippen LogP contribution in [-0.4, -0.2) is 31.2 Å². The summed E-state index contributed by atoms with van der Waals surface area (Å²) in [6, 6.07) is 0. The Balaban J connectivity index is 2.11. The van der Waals surface area contributed by atoms with Crippen LogP contribution in [0.2, 0.25) is 0 Å². The van der Waals surface area contributed by atoms with Crippen molar-refractivity contribution in [3.05, 3.63) is 0 Å². The highest BCUT2D eigenvalue weighted by Gasteiger charge is 2.64. The summed E-state index contributed by atoms with van der Waals surface area (Å²) in [5.41, 5.74) is 5.39. The topological polar surface area (TPSA) is 64.3 Å². The maximum Gasteiger partial charge on any atom is 0.316 e. The molecular weight excluding hydrogens is 168 g/mol. The lowest BCUT2D eigenvalue weighted by Gasteiger charge is -2.44. The Labute approximate surface area is 77.8 Å². The molecule has 4 heteroatoms. The minimum atomic E-state index is -0.414. The first-order chi connectivity index (χ1) is 6.15. The largest absolute Gasteiger partial charge is 0.465 e. The normalized spacial score (nSPS) is 27.5. The van der Waals surface area contributed by atoms with Gasteiger partial charge in [0.1, 0.15) is 5.41 Å². The first-order valence-electron chi connectivity index (χ1n) is 4.81. The van der Waals surface area contributed by atoms with Crippen LogP contribution in [0.1, 0.15) is 19.8 Å². The van der Waals surface area contributed by atoms with Gasteiger partial charge in [-0.2, -0.15) is 0 Å². The van der Waals surface area contributed by atoms with E-state index in [1.807, 2.05) is 6.92 Å². The molecule has 0 atom stereocenters. The summed E-state index contributed by atoms with van der Waals surface area (Å²) < 4.78 is 5.06. The fourth-order valence-corrected chi connectivity index (χ4v) is 1.96. The second-order valence-corrected chi connectivity index (χ2v) is 4.06. The van der Waals surface area contributed by atoms with E-state index in [-0.39, 0.29) is 11.5 Å². The van der Waals surface area contributed by atoms with Gasteiger partial charge in [0.25, 0.3) is 0 Å². The standard InChI is InChI=1S/C9H16N2O2/c1-2-13-7(12)8(5-11-6-8)9(10)3-4-9/h11H,2-6,10H2,1H3. The summed E-state index contributed by atoms with van der Waals surface area (Å²) >= 11 is 0. The van der Waals surface area contributed by atoms with E-state index >= 15 is 0 Å². The molecule has 4 nitrogen and oxygen atoms in total. The van der Waals surface area contributed by atoms with Crippen molar-refractivity contribution < 1.29 is 9.53 Å². The van der Waals surface area contributed by atoms with E-state index in [0.717, 1.165) is 12.8 Å². The van der Waals surface area contributed by atoms with Crippen LogP contribution < -0.4 is 11.1 Å². The minimum absolute atomic E-state index is 0.117. The maximum absolute atomic E-state index is 11.7. The zero-order valence-corrected chi connectivity index (χ0v) is 7.93. The number of carbonyl (C=O) groups excluding carboxylic acids is 1. The Morgan fingerprint density at radius 1 is 1.54 bits per heavy atom. The molecule has 1 saturated carbocycles. The van der Waals surface area contributed by atoms with E-state index in [2.05, 4.69) is 5.32 Å². The fraction of sp³-hybridized carbons (Fsp3) is 0.889. The molecule has 0 aromatic rings. The molecular formula is C9H16N2O2. The van der Waals surface area contributed by atoms with E-state index in [4.69, 9.17) is 10.5 Å². The van der Waals surface area contributed by atoms with Gasteiger partial charge in [0.2, 0.25) is 0 Å². The summed E-state index contributed by atoms with van der Waals surface area (Å²) in [4.78, 5) is 11.7. The number of hydrogen-bond donors (Lipinski definition) is 2. The summed E-state index contributed by atoms with van der Waals surface area (Å²) in [7, 11) is 0.